The molecule has 0 spiro atoms. The van der Waals surface area contributed by atoms with Gasteiger partial charge in [0.15, 0.2) is 5.69 Å². The van der Waals surface area contributed by atoms with Gasteiger partial charge in [-0.1, -0.05) is 18.2 Å². The van der Waals surface area contributed by atoms with Crippen LogP contribution in [0.25, 0.3) is 5.69 Å². The number of aryl methyl sites for hydroxylation is 1. The zero-order valence-corrected chi connectivity index (χ0v) is 14.1. The molecule has 3 aromatic rings. The molecule has 3 heterocycles. The molecule has 0 bridgehead atoms. The Kier molecular flexibility index (Phi) is 4.05. The first-order valence-electron chi connectivity index (χ1n) is 8.47. The third-order valence-electron chi connectivity index (χ3n) is 4.56. The summed E-state index contributed by atoms with van der Waals surface area (Å²) in [6.07, 6.45) is 5.51. The van der Waals surface area contributed by atoms with Crippen LogP contribution in [0.15, 0.2) is 48.8 Å². The van der Waals surface area contributed by atoms with Crippen molar-refractivity contribution >= 4 is 5.91 Å². The number of carbonyl (C=O) groups excluding carboxylic acids is 1. The van der Waals surface area contributed by atoms with Crippen molar-refractivity contribution < 1.29 is 4.79 Å². The third kappa shape index (κ3) is 3.17. The second-order valence-electron chi connectivity index (χ2n) is 6.36. The van der Waals surface area contributed by atoms with Gasteiger partial charge in [-0.3, -0.25) is 9.48 Å². The van der Waals surface area contributed by atoms with Crippen LogP contribution in [0, 0.1) is 0 Å². The lowest BCUT2D eigenvalue weighted by Crippen LogP contribution is -2.39. The standard InChI is InChI=1S/C18H20N6O/c1-22-11-9-16(20-22)14-6-5-10-23(13-14)18(25)17-12-19-24(21-17)15-7-3-2-4-8-15/h2-4,7-9,11-12,14H,5-6,10,13H2,1H3/t14-/m0/s1. The van der Waals surface area contributed by atoms with Crippen LogP contribution in [0.3, 0.4) is 0 Å². The number of piperidine rings is 1. The van der Waals surface area contributed by atoms with Gasteiger partial charge in [-0.25, -0.2) is 0 Å². The molecule has 1 aromatic carbocycles. The predicted octanol–water partition coefficient (Wildman–Crippen LogP) is 2.02. The lowest BCUT2D eigenvalue weighted by atomic mass is 9.95. The summed E-state index contributed by atoms with van der Waals surface area (Å²) >= 11 is 0. The highest BCUT2D eigenvalue weighted by Crippen LogP contribution is 2.26. The Labute approximate surface area is 145 Å². The molecule has 1 saturated heterocycles. The molecule has 7 heteroatoms. The topological polar surface area (TPSA) is 68.8 Å². The van der Waals surface area contributed by atoms with E-state index in [9.17, 15) is 4.79 Å². The maximum atomic E-state index is 12.8. The van der Waals surface area contributed by atoms with E-state index in [2.05, 4.69) is 15.3 Å². The molecule has 25 heavy (non-hydrogen) atoms. The van der Waals surface area contributed by atoms with E-state index in [1.54, 1.807) is 6.20 Å². The molecule has 0 N–H and O–H groups in total. The fraction of sp³-hybridized carbons (Fsp3) is 0.333. The Bertz CT molecular complexity index is 869. The first kappa shape index (κ1) is 15.6. The second kappa shape index (κ2) is 6.51. The summed E-state index contributed by atoms with van der Waals surface area (Å²) in [6.45, 7) is 1.43. The van der Waals surface area contributed by atoms with Crippen LogP contribution in [-0.2, 0) is 7.05 Å². The summed E-state index contributed by atoms with van der Waals surface area (Å²) in [5.74, 6) is 0.214. The lowest BCUT2D eigenvalue weighted by Gasteiger charge is -2.31. The molecule has 1 atom stereocenters. The van der Waals surface area contributed by atoms with Crippen LogP contribution in [-0.4, -0.2) is 48.7 Å². The molecule has 0 unspecified atom stereocenters. The highest BCUT2D eigenvalue weighted by molar-refractivity contribution is 5.92. The molecule has 1 fully saturated rings. The van der Waals surface area contributed by atoms with Gasteiger partial charge in [-0.05, 0) is 31.0 Å². The zero-order valence-electron chi connectivity index (χ0n) is 14.1. The lowest BCUT2D eigenvalue weighted by molar-refractivity contribution is 0.0699. The second-order valence-corrected chi connectivity index (χ2v) is 6.36. The molecule has 7 nitrogen and oxygen atoms in total. The first-order valence-corrected chi connectivity index (χ1v) is 8.47. The zero-order chi connectivity index (χ0) is 17.2. The molecule has 128 valence electrons. The number of likely N-dealkylation sites (tertiary alicyclic amines) is 1. The largest absolute Gasteiger partial charge is 0.337 e. The van der Waals surface area contributed by atoms with E-state index in [1.165, 1.54) is 4.80 Å². The average Bonchev–Trinajstić information content (AvgIpc) is 3.31. The molecule has 4 rings (SSSR count). The minimum Gasteiger partial charge on any atom is -0.337 e. The summed E-state index contributed by atoms with van der Waals surface area (Å²) in [5.41, 5.74) is 2.27. The van der Waals surface area contributed by atoms with Gasteiger partial charge in [0.05, 0.1) is 17.6 Å². The molecule has 2 aromatic heterocycles. The van der Waals surface area contributed by atoms with E-state index in [1.807, 2.05) is 59.2 Å². The van der Waals surface area contributed by atoms with Gasteiger partial charge in [0, 0.05) is 32.3 Å². The van der Waals surface area contributed by atoms with Gasteiger partial charge >= 0.3 is 0 Å². The van der Waals surface area contributed by atoms with Crippen molar-refractivity contribution in [2.45, 2.75) is 18.8 Å². The van der Waals surface area contributed by atoms with Gasteiger partial charge in [0.2, 0.25) is 0 Å². The Morgan fingerprint density at radius 3 is 2.76 bits per heavy atom. The normalized spacial score (nSPS) is 17.6. The minimum absolute atomic E-state index is 0.0668. The van der Waals surface area contributed by atoms with Crippen molar-refractivity contribution in [3.8, 4) is 5.69 Å². The molecule has 0 saturated carbocycles. The fourth-order valence-electron chi connectivity index (χ4n) is 3.26. The van der Waals surface area contributed by atoms with Crippen molar-refractivity contribution in [1.82, 2.24) is 29.7 Å². The molecule has 1 aliphatic heterocycles. The van der Waals surface area contributed by atoms with Gasteiger partial charge in [-0.2, -0.15) is 15.0 Å². The van der Waals surface area contributed by atoms with E-state index in [-0.39, 0.29) is 11.8 Å². The SMILES string of the molecule is Cn1ccc([C@H]2CCCN(C(=O)c3cnn(-c4ccccc4)n3)C2)n1. The van der Waals surface area contributed by atoms with E-state index in [4.69, 9.17) is 0 Å². The summed E-state index contributed by atoms with van der Waals surface area (Å²) in [4.78, 5) is 16.2. The Balaban J connectivity index is 1.50. The minimum atomic E-state index is -0.0668. The summed E-state index contributed by atoms with van der Waals surface area (Å²) < 4.78 is 1.81. The molecular formula is C18H20N6O. The van der Waals surface area contributed by atoms with Crippen LogP contribution in [0.5, 0.6) is 0 Å². The van der Waals surface area contributed by atoms with E-state index >= 15 is 0 Å². The van der Waals surface area contributed by atoms with E-state index in [0.29, 0.717) is 12.2 Å². The van der Waals surface area contributed by atoms with Gasteiger partial charge in [0.1, 0.15) is 0 Å². The van der Waals surface area contributed by atoms with E-state index < -0.39 is 0 Å². The fourth-order valence-corrected chi connectivity index (χ4v) is 3.26. The number of hydrogen-bond donors (Lipinski definition) is 0. The maximum Gasteiger partial charge on any atom is 0.276 e. The first-order chi connectivity index (χ1) is 12.2. The van der Waals surface area contributed by atoms with Crippen molar-refractivity contribution in [3.63, 3.8) is 0 Å². The average molecular weight is 336 g/mol. The van der Waals surface area contributed by atoms with Crippen LogP contribution >= 0.6 is 0 Å². The third-order valence-corrected chi connectivity index (χ3v) is 4.56. The van der Waals surface area contributed by atoms with Crippen LogP contribution in [0.2, 0.25) is 0 Å². The number of benzene rings is 1. The summed E-state index contributed by atoms with van der Waals surface area (Å²) in [6, 6.07) is 11.6. The molecule has 0 radical (unpaired) electrons. The van der Waals surface area contributed by atoms with Crippen LogP contribution < -0.4 is 0 Å². The number of rotatable bonds is 3. The van der Waals surface area contributed by atoms with Crippen LogP contribution in [0.1, 0.15) is 34.9 Å². The van der Waals surface area contributed by atoms with Gasteiger partial charge < -0.3 is 4.90 Å². The molecule has 0 aliphatic carbocycles. The van der Waals surface area contributed by atoms with Crippen molar-refractivity contribution in [2.75, 3.05) is 13.1 Å². The Hall–Kier alpha value is -2.96. The van der Waals surface area contributed by atoms with Gasteiger partial charge in [0.25, 0.3) is 5.91 Å². The summed E-state index contributed by atoms with van der Waals surface area (Å²) in [7, 11) is 1.91. The highest BCUT2D eigenvalue weighted by atomic mass is 16.2. The predicted molar refractivity (Wildman–Crippen MR) is 92.4 cm³/mol. The highest BCUT2D eigenvalue weighted by Gasteiger charge is 2.28. The van der Waals surface area contributed by atoms with Gasteiger partial charge in [-0.15, -0.1) is 5.10 Å². The number of amides is 1. The number of para-hydroxylation sites is 1. The quantitative estimate of drug-likeness (QED) is 0.734. The Morgan fingerprint density at radius 1 is 1.16 bits per heavy atom. The number of aromatic nitrogens is 5. The molecular weight excluding hydrogens is 316 g/mol. The van der Waals surface area contributed by atoms with Crippen molar-refractivity contribution in [2.24, 2.45) is 7.05 Å². The molecule has 1 amide bonds. The van der Waals surface area contributed by atoms with Crippen LogP contribution in [0.4, 0.5) is 0 Å². The smallest absolute Gasteiger partial charge is 0.276 e. The monoisotopic (exact) mass is 336 g/mol. The number of nitrogens with zero attached hydrogens (tertiary/aromatic N) is 6. The van der Waals surface area contributed by atoms with Crippen molar-refractivity contribution in [3.05, 3.63) is 60.2 Å². The summed E-state index contributed by atoms with van der Waals surface area (Å²) in [5, 5.41) is 13.1. The van der Waals surface area contributed by atoms with E-state index in [0.717, 1.165) is 30.8 Å². The molecule has 1 aliphatic rings. The Morgan fingerprint density at radius 2 is 2.00 bits per heavy atom. The number of carbonyl (C=O) groups is 1. The number of hydrogen-bond acceptors (Lipinski definition) is 4. The van der Waals surface area contributed by atoms with Crippen molar-refractivity contribution in [1.29, 1.82) is 0 Å². The maximum absolute atomic E-state index is 12.8.